The molecule has 0 spiro atoms. The van der Waals surface area contributed by atoms with Crippen molar-refractivity contribution in [3.8, 4) is 0 Å². The molecule has 1 fully saturated rings. The number of piperazine rings is 1. The van der Waals surface area contributed by atoms with E-state index < -0.39 is 6.04 Å². The number of nitrogens with one attached hydrogen (secondary N) is 1. The third-order valence-corrected chi connectivity index (χ3v) is 2.41. The average molecular weight is 205 g/mol. The first-order valence-corrected chi connectivity index (χ1v) is 4.75. The van der Waals surface area contributed by atoms with Crippen molar-refractivity contribution in [2.75, 3.05) is 13.1 Å². The Balaban J connectivity index is 2.31. The van der Waals surface area contributed by atoms with Crippen LogP contribution in [0.15, 0.2) is 35.6 Å². The number of carbonyl (C=O) groups excluding carboxylic acids is 1. The van der Waals surface area contributed by atoms with Crippen molar-refractivity contribution in [1.29, 1.82) is 0 Å². The van der Waals surface area contributed by atoms with Gasteiger partial charge in [0.15, 0.2) is 6.04 Å². The predicted molar refractivity (Wildman–Crippen MR) is 54.7 cm³/mol. The molecule has 1 aromatic carbocycles. The van der Waals surface area contributed by atoms with E-state index in [4.69, 9.17) is 0 Å². The van der Waals surface area contributed by atoms with Crippen LogP contribution in [-0.4, -0.2) is 24.0 Å². The Kier molecular flexibility index (Phi) is 2.62. The Morgan fingerprint density at radius 3 is 2.73 bits per heavy atom. The summed E-state index contributed by atoms with van der Waals surface area (Å²) in [4.78, 5) is 22.2. The van der Waals surface area contributed by atoms with Gasteiger partial charge in [-0.25, -0.2) is 5.01 Å². The lowest BCUT2D eigenvalue weighted by molar-refractivity contribution is -0.129. The molecule has 15 heavy (non-hydrogen) atoms. The van der Waals surface area contributed by atoms with Crippen LogP contribution in [0.4, 0.5) is 0 Å². The fourth-order valence-corrected chi connectivity index (χ4v) is 1.70. The van der Waals surface area contributed by atoms with E-state index in [1.807, 2.05) is 30.3 Å². The summed E-state index contributed by atoms with van der Waals surface area (Å²) in [7, 11) is 0. The van der Waals surface area contributed by atoms with Crippen molar-refractivity contribution < 1.29 is 4.79 Å². The van der Waals surface area contributed by atoms with Gasteiger partial charge in [0.25, 0.3) is 0 Å². The monoisotopic (exact) mass is 205 g/mol. The van der Waals surface area contributed by atoms with E-state index in [0.717, 1.165) is 5.56 Å². The van der Waals surface area contributed by atoms with Crippen LogP contribution in [0.2, 0.25) is 0 Å². The van der Waals surface area contributed by atoms with Gasteiger partial charge in [0.1, 0.15) is 0 Å². The maximum Gasteiger partial charge on any atom is 0.249 e. The highest BCUT2D eigenvalue weighted by molar-refractivity contribution is 5.83. The number of benzene rings is 1. The van der Waals surface area contributed by atoms with Crippen molar-refractivity contribution in [2.45, 2.75) is 6.04 Å². The minimum atomic E-state index is -0.586. The third-order valence-electron chi connectivity index (χ3n) is 2.41. The fourth-order valence-electron chi connectivity index (χ4n) is 1.70. The van der Waals surface area contributed by atoms with E-state index >= 15 is 0 Å². The molecule has 1 unspecified atom stereocenters. The van der Waals surface area contributed by atoms with E-state index in [-0.39, 0.29) is 5.91 Å². The first-order valence-electron chi connectivity index (χ1n) is 4.75. The number of amides is 1. The van der Waals surface area contributed by atoms with Gasteiger partial charge < -0.3 is 5.32 Å². The van der Waals surface area contributed by atoms with Gasteiger partial charge in [-0.05, 0) is 5.56 Å². The molecule has 0 aromatic heterocycles. The minimum absolute atomic E-state index is 0.174. The lowest BCUT2D eigenvalue weighted by atomic mass is 10.0. The lowest BCUT2D eigenvalue weighted by Gasteiger charge is -2.30. The van der Waals surface area contributed by atoms with Gasteiger partial charge in [0.05, 0.1) is 11.8 Å². The van der Waals surface area contributed by atoms with Crippen molar-refractivity contribution >= 4 is 5.91 Å². The van der Waals surface area contributed by atoms with E-state index in [2.05, 4.69) is 10.6 Å². The van der Waals surface area contributed by atoms with Gasteiger partial charge in [0, 0.05) is 6.54 Å². The second-order valence-corrected chi connectivity index (χ2v) is 3.35. The fraction of sp³-hybridized carbons (Fsp3) is 0.300. The standard InChI is InChI=1S/C10H11N3O2/c14-10-9(8-4-2-1-3-5-8)13(12-15)7-6-11-10/h1-5,9H,6-7H2,(H,11,14). The number of rotatable bonds is 2. The quantitative estimate of drug-likeness (QED) is 0.728. The lowest BCUT2D eigenvalue weighted by Crippen LogP contribution is -2.47. The summed E-state index contributed by atoms with van der Waals surface area (Å²) in [5, 5.41) is 6.87. The molecule has 78 valence electrons. The van der Waals surface area contributed by atoms with Gasteiger partial charge in [-0.2, -0.15) is 0 Å². The third kappa shape index (κ3) is 1.81. The largest absolute Gasteiger partial charge is 0.352 e. The van der Waals surface area contributed by atoms with Crippen LogP contribution in [0.3, 0.4) is 0 Å². The molecule has 0 radical (unpaired) electrons. The molecule has 5 nitrogen and oxygen atoms in total. The molecule has 0 bridgehead atoms. The maximum atomic E-state index is 11.6. The van der Waals surface area contributed by atoms with Crippen LogP contribution in [0, 0.1) is 4.91 Å². The molecule has 1 heterocycles. The smallest absolute Gasteiger partial charge is 0.249 e. The van der Waals surface area contributed by atoms with Crippen LogP contribution in [0.25, 0.3) is 0 Å². The molecular formula is C10H11N3O2. The summed E-state index contributed by atoms with van der Waals surface area (Å²) in [6.07, 6.45) is 0. The van der Waals surface area contributed by atoms with Crippen LogP contribution in [0.5, 0.6) is 0 Å². The zero-order valence-corrected chi connectivity index (χ0v) is 8.09. The molecule has 1 aliphatic heterocycles. The maximum absolute atomic E-state index is 11.6. The first-order chi connectivity index (χ1) is 7.33. The van der Waals surface area contributed by atoms with Gasteiger partial charge >= 0.3 is 0 Å². The molecule has 5 heteroatoms. The summed E-state index contributed by atoms with van der Waals surface area (Å²) in [5.74, 6) is -0.174. The van der Waals surface area contributed by atoms with Gasteiger partial charge in [-0.1, -0.05) is 30.3 Å². The molecule has 0 saturated carbocycles. The SMILES string of the molecule is O=NN1CCNC(=O)C1c1ccccc1. The Hall–Kier alpha value is -1.91. The Morgan fingerprint density at radius 2 is 2.07 bits per heavy atom. The summed E-state index contributed by atoms with van der Waals surface area (Å²) in [5.41, 5.74) is 0.786. The Labute approximate surface area is 87.0 Å². The van der Waals surface area contributed by atoms with E-state index in [1.54, 1.807) is 0 Å². The summed E-state index contributed by atoms with van der Waals surface area (Å²) < 4.78 is 0. The second-order valence-electron chi connectivity index (χ2n) is 3.35. The Bertz CT molecular complexity index is 366. The first kappa shape index (κ1) is 9.64. The molecule has 1 aromatic rings. The van der Waals surface area contributed by atoms with Crippen molar-refractivity contribution in [3.05, 3.63) is 40.8 Å². The van der Waals surface area contributed by atoms with E-state index in [1.165, 1.54) is 5.01 Å². The van der Waals surface area contributed by atoms with Crippen LogP contribution in [-0.2, 0) is 4.79 Å². The van der Waals surface area contributed by atoms with Crippen LogP contribution >= 0.6 is 0 Å². The van der Waals surface area contributed by atoms with Gasteiger partial charge in [-0.15, -0.1) is 4.91 Å². The normalized spacial score (nSPS) is 20.9. The van der Waals surface area contributed by atoms with Crippen molar-refractivity contribution in [2.24, 2.45) is 5.29 Å². The minimum Gasteiger partial charge on any atom is -0.352 e. The number of nitrogens with zero attached hydrogens (tertiary/aromatic N) is 2. The number of hydrogen-bond donors (Lipinski definition) is 1. The summed E-state index contributed by atoms with van der Waals surface area (Å²) >= 11 is 0. The number of carbonyl (C=O) groups is 1. The van der Waals surface area contributed by atoms with Crippen LogP contribution in [0.1, 0.15) is 11.6 Å². The average Bonchev–Trinajstić information content (AvgIpc) is 2.29. The highest BCUT2D eigenvalue weighted by atomic mass is 16.3. The second kappa shape index (κ2) is 4.08. The van der Waals surface area contributed by atoms with E-state index in [9.17, 15) is 9.70 Å². The molecule has 1 amide bonds. The summed E-state index contributed by atoms with van der Waals surface area (Å²) in [6.45, 7) is 0.919. The molecule has 1 atom stereocenters. The topological polar surface area (TPSA) is 61.8 Å². The molecule has 2 rings (SSSR count). The van der Waals surface area contributed by atoms with Gasteiger partial charge in [0.2, 0.25) is 5.91 Å². The molecule has 1 saturated heterocycles. The summed E-state index contributed by atoms with van der Waals surface area (Å²) in [6, 6.07) is 8.57. The Morgan fingerprint density at radius 1 is 1.33 bits per heavy atom. The van der Waals surface area contributed by atoms with Crippen molar-refractivity contribution in [1.82, 2.24) is 10.3 Å². The van der Waals surface area contributed by atoms with Gasteiger partial charge in [-0.3, -0.25) is 4.79 Å². The highest BCUT2D eigenvalue weighted by Crippen LogP contribution is 2.22. The van der Waals surface area contributed by atoms with E-state index in [0.29, 0.717) is 13.1 Å². The number of hydrogen-bond acceptors (Lipinski definition) is 3. The zero-order valence-electron chi connectivity index (χ0n) is 8.09. The molecule has 1 aliphatic rings. The number of nitroso groups, excluding NO2 is 1. The highest BCUT2D eigenvalue weighted by Gasteiger charge is 2.31. The molecular weight excluding hydrogens is 194 g/mol. The zero-order chi connectivity index (χ0) is 10.7. The molecule has 1 N–H and O–H groups in total. The predicted octanol–water partition coefficient (Wildman–Crippen LogP) is 0.841. The molecule has 0 aliphatic carbocycles. The van der Waals surface area contributed by atoms with Crippen LogP contribution < -0.4 is 5.32 Å². The van der Waals surface area contributed by atoms with Crippen molar-refractivity contribution in [3.63, 3.8) is 0 Å².